The van der Waals surface area contributed by atoms with Crippen LogP contribution in [0.5, 0.6) is 17.2 Å². The molecule has 0 saturated heterocycles. The van der Waals surface area contributed by atoms with Gasteiger partial charge in [-0.25, -0.2) is 0 Å². The Morgan fingerprint density at radius 1 is 1.20 bits per heavy atom. The molecule has 0 heterocycles. The van der Waals surface area contributed by atoms with Crippen molar-refractivity contribution >= 4 is 11.6 Å². The largest absolute Gasteiger partial charge is 0.493 e. The van der Waals surface area contributed by atoms with Crippen LogP contribution in [-0.2, 0) is 6.61 Å². The van der Waals surface area contributed by atoms with Gasteiger partial charge in [-0.05, 0) is 29.8 Å². The third-order valence-electron chi connectivity index (χ3n) is 2.70. The van der Waals surface area contributed by atoms with Gasteiger partial charge in [0.05, 0.1) is 24.3 Å². The minimum absolute atomic E-state index is 0.0701. The highest BCUT2D eigenvalue weighted by atomic mass is 35.5. The number of nitriles is 1. The molecule has 0 bridgehead atoms. The molecule has 102 valence electrons. The Kier molecular flexibility index (Phi) is 4.46. The molecule has 0 spiro atoms. The number of methoxy groups -OCH3 is 1. The fourth-order valence-electron chi connectivity index (χ4n) is 1.67. The predicted octanol–water partition coefficient (Wildman–Crippen LogP) is 3.50. The summed E-state index contributed by atoms with van der Waals surface area (Å²) in [7, 11) is 1.52. The van der Waals surface area contributed by atoms with Crippen LogP contribution in [0.3, 0.4) is 0 Å². The molecule has 0 atom stereocenters. The first-order valence-electron chi connectivity index (χ1n) is 5.83. The molecule has 0 aromatic heterocycles. The summed E-state index contributed by atoms with van der Waals surface area (Å²) in [6.07, 6.45) is 0. The van der Waals surface area contributed by atoms with E-state index in [1.54, 1.807) is 36.4 Å². The molecule has 0 aliphatic heterocycles. The number of rotatable bonds is 4. The molecule has 2 rings (SSSR count). The van der Waals surface area contributed by atoms with Crippen molar-refractivity contribution in [2.24, 2.45) is 0 Å². The van der Waals surface area contributed by atoms with Crippen molar-refractivity contribution in [2.75, 3.05) is 7.11 Å². The van der Waals surface area contributed by atoms with Crippen molar-refractivity contribution in [3.8, 4) is 23.3 Å². The quantitative estimate of drug-likeness (QED) is 0.935. The molecular formula is C15H12ClNO3. The standard InChI is InChI=1S/C15H12ClNO3/c1-19-15-6-10(9-18)2-5-14(15)20-12-4-3-11(8-17)13(16)7-12/h2-7,18H,9H2,1H3. The SMILES string of the molecule is COc1cc(CO)ccc1Oc1ccc(C#N)c(Cl)c1. The van der Waals surface area contributed by atoms with E-state index in [0.29, 0.717) is 27.8 Å². The predicted molar refractivity (Wildman–Crippen MR) is 75.2 cm³/mol. The number of ether oxygens (including phenoxy) is 2. The summed E-state index contributed by atoms with van der Waals surface area (Å²) in [5.74, 6) is 1.52. The maximum atomic E-state index is 9.09. The number of hydrogen-bond acceptors (Lipinski definition) is 4. The second kappa shape index (κ2) is 6.29. The number of aliphatic hydroxyl groups is 1. The van der Waals surface area contributed by atoms with Gasteiger partial charge in [0, 0.05) is 6.07 Å². The van der Waals surface area contributed by atoms with Gasteiger partial charge >= 0.3 is 0 Å². The van der Waals surface area contributed by atoms with Crippen molar-refractivity contribution < 1.29 is 14.6 Å². The molecule has 0 saturated carbocycles. The maximum Gasteiger partial charge on any atom is 0.169 e. The summed E-state index contributed by atoms with van der Waals surface area (Å²) in [6.45, 7) is -0.0701. The Hall–Kier alpha value is -2.22. The smallest absolute Gasteiger partial charge is 0.169 e. The van der Waals surface area contributed by atoms with E-state index in [9.17, 15) is 0 Å². The van der Waals surface area contributed by atoms with E-state index in [4.69, 9.17) is 31.4 Å². The Morgan fingerprint density at radius 3 is 2.60 bits per heavy atom. The lowest BCUT2D eigenvalue weighted by Crippen LogP contribution is -1.93. The minimum atomic E-state index is -0.0701. The van der Waals surface area contributed by atoms with E-state index in [1.807, 2.05) is 6.07 Å². The normalized spacial score (nSPS) is 9.90. The molecule has 0 unspecified atom stereocenters. The van der Waals surface area contributed by atoms with Gasteiger partial charge in [-0.1, -0.05) is 17.7 Å². The van der Waals surface area contributed by atoms with E-state index >= 15 is 0 Å². The zero-order valence-electron chi connectivity index (χ0n) is 10.8. The molecule has 2 aromatic rings. The highest BCUT2D eigenvalue weighted by Gasteiger charge is 2.08. The summed E-state index contributed by atoms with van der Waals surface area (Å²) >= 11 is 5.95. The lowest BCUT2D eigenvalue weighted by Gasteiger charge is -2.11. The molecule has 5 heteroatoms. The molecule has 4 nitrogen and oxygen atoms in total. The Balaban J connectivity index is 2.30. The first-order valence-corrected chi connectivity index (χ1v) is 6.21. The van der Waals surface area contributed by atoms with Crippen LogP contribution in [0, 0.1) is 11.3 Å². The zero-order chi connectivity index (χ0) is 14.5. The van der Waals surface area contributed by atoms with E-state index in [0.717, 1.165) is 5.56 Å². The summed E-state index contributed by atoms with van der Waals surface area (Å²) in [5.41, 5.74) is 1.12. The maximum absolute atomic E-state index is 9.09. The van der Waals surface area contributed by atoms with Gasteiger partial charge in [-0.15, -0.1) is 0 Å². The van der Waals surface area contributed by atoms with Gasteiger partial charge in [-0.3, -0.25) is 0 Å². The number of hydrogen-bond donors (Lipinski definition) is 1. The highest BCUT2D eigenvalue weighted by molar-refractivity contribution is 6.31. The third kappa shape index (κ3) is 3.02. The van der Waals surface area contributed by atoms with E-state index in [-0.39, 0.29) is 6.61 Å². The molecule has 2 aromatic carbocycles. The molecule has 0 amide bonds. The van der Waals surface area contributed by atoms with Crippen molar-refractivity contribution in [2.45, 2.75) is 6.61 Å². The lowest BCUT2D eigenvalue weighted by molar-refractivity contribution is 0.280. The fraction of sp³-hybridized carbons (Fsp3) is 0.133. The second-order valence-electron chi connectivity index (χ2n) is 4.00. The average molecular weight is 290 g/mol. The molecule has 20 heavy (non-hydrogen) atoms. The van der Waals surface area contributed by atoms with Crippen LogP contribution in [0.2, 0.25) is 5.02 Å². The summed E-state index contributed by atoms with van der Waals surface area (Å²) in [5, 5.41) is 18.2. The van der Waals surface area contributed by atoms with Crippen LogP contribution in [0.15, 0.2) is 36.4 Å². The lowest BCUT2D eigenvalue weighted by atomic mass is 10.2. The Morgan fingerprint density at radius 2 is 2.00 bits per heavy atom. The van der Waals surface area contributed by atoms with Crippen LogP contribution in [-0.4, -0.2) is 12.2 Å². The van der Waals surface area contributed by atoms with E-state index in [2.05, 4.69) is 0 Å². The second-order valence-corrected chi connectivity index (χ2v) is 4.41. The van der Waals surface area contributed by atoms with Gasteiger partial charge < -0.3 is 14.6 Å². The summed E-state index contributed by atoms with van der Waals surface area (Å²) < 4.78 is 10.9. The van der Waals surface area contributed by atoms with E-state index < -0.39 is 0 Å². The molecule has 1 N–H and O–H groups in total. The third-order valence-corrected chi connectivity index (χ3v) is 3.01. The highest BCUT2D eigenvalue weighted by Crippen LogP contribution is 2.33. The molecular weight excluding hydrogens is 278 g/mol. The fourth-order valence-corrected chi connectivity index (χ4v) is 1.88. The van der Waals surface area contributed by atoms with Crippen molar-refractivity contribution in [1.29, 1.82) is 5.26 Å². The monoisotopic (exact) mass is 289 g/mol. The topological polar surface area (TPSA) is 62.5 Å². The Labute approximate surface area is 121 Å². The van der Waals surface area contributed by atoms with Crippen LogP contribution in [0.25, 0.3) is 0 Å². The number of halogens is 1. The van der Waals surface area contributed by atoms with Crippen LogP contribution in [0.4, 0.5) is 0 Å². The number of aliphatic hydroxyl groups excluding tert-OH is 1. The van der Waals surface area contributed by atoms with Gasteiger partial charge in [0.2, 0.25) is 0 Å². The summed E-state index contributed by atoms with van der Waals surface area (Å²) in [4.78, 5) is 0. The van der Waals surface area contributed by atoms with Crippen molar-refractivity contribution in [1.82, 2.24) is 0 Å². The molecule has 0 aliphatic carbocycles. The first kappa shape index (κ1) is 14.2. The van der Waals surface area contributed by atoms with Gasteiger partial charge in [-0.2, -0.15) is 5.26 Å². The number of nitrogens with zero attached hydrogens (tertiary/aromatic N) is 1. The molecule has 0 aliphatic rings. The Bertz CT molecular complexity index is 665. The van der Waals surface area contributed by atoms with Crippen LogP contribution < -0.4 is 9.47 Å². The van der Waals surface area contributed by atoms with Crippen LogP contribution in [0.1, 0.15) is 11.1 Å². The van der Waals surface area contributed by atoms with Gasteiger partial charge in [0.25, 0.3) is 0 Å². The minimum Gasteiger partial charge on any atom is -0.493 e. The van der Waals surface area contributed by atoms with Crippen molar-refractivity contribution in [3.63, 3.8) is 0 Å². The van der Waals surface area contributed by atoms with Crippen LogP contribution >= 0.6 is 11.6 Å². The van der Waals surface area contributed by atoms with Crippen molar-refractivity contribution in [3.05, 3.63) is 52.5 Å². The number of benzene rings is 2. The first-order chi connectivity index (χ1) is 9.67. The zero-order valence-corrected chi connectivity index (χ0v) is 11.5. The van der Waals surface area contributed by atoms with E-state index in [1.165, 1.54) is 7.11 Å². The van der Waals surface area contributed by atoms with Gasteiger partial charge in [0.15, 0.2) is 11.5 Å². The van der Waals surface area contributed by atoms with Gasteiger partial charge in [0.1, 0.15) is 11.8 Å². The summed E-state index contributed by atoms with van der Waals surface area (Å²) in [6, 6.07) is 11.9. The molecule has 0 radical (unpaired) electrons. The molecule has 0 fully saturated rings. The average Bonchev–Trinajstić information content (AvgIpc) is 2.48.